The average molecular weight is 375 g/mol. The average Bonchev–Trinajstić information content (AvgIpc) is 3.25. The van der Waals surface area contributed by atoms with Gasteiger partial charge in [0.15, 0.2) is 0 Å². The summed E-state index contributed by atoms with van der Waals surface area (Å²) in [5, 5.41) is 3.22. The molecule has 0 amide bonds. The van der Waals surface area contributed by atoms with Crippen molar-refractivity contribution in [1.82, 2.24) is 10.0 Å². The van der Waals surface area contributed by atoms with Crippen molar-refractivity contribution in [1.29, 1.82) is 0 Å². The van der Waals surface area contributed by atoms with E-state index in [9.17, 15) is 8.42 Å². The van der Waals surface area contributed by atoms with Crippen LogP contribution in [0, 0.1) is 5.92 Å². The van der Waals surface area contributed by atoms with Crippen molar-refractivity contribution in [2.24, 2.45) is 5.92 Å². The molecule has 1 fully saturated rings. The van der Waals surface area contributed by atoms with Crippen LogP contribution in [0.4, 0.5) is 0 Å². The maximum absolute atomic E-state index is 12.3. The van der Waals surface area contributed by atoms with E-state index in [2.05, 4.69) is 26.0 Å². The molecular weight excluding hydrogens is 352 g/mol. The van der Waals surface area contributed by atoms with E-state index in [0.29, 0.717) is 15.9 Å². The maximum Gasteiger partial charge on any atom is 0.241 e. The highest BCUT2D eigenvalue weighted by Crippen LogP contribution is 2.33. The normalized spacial score (nSPS) is 15.3. The fraction of sp³-hybridized carbons (Fsp3) is 0.600. The Morgan fingerprint density at radius 2 is 2.10 bits per heavy atom. The summed E-state index contributed by atoms with van der Waals surface area (Å²) in [5.74, 6) is 0.839. The van der Waals surface area contributed by atoms with Crippen molar-refractivity contribution < 1.29 is 8.42 Å². The van der Waals surface area contributed by atoms with E-state index in [1.807, 2.05) is 19.1 Å². The highest BCUT2D eigenvalue weighted by Gasteiger charge is 2.21. The van der Waals surface area contributed by atoms with Crippen LogP contribution in [-0.4, -0.2) is 21.5 Å². The molecule has 0 aromatic heterocycles. The summed E-state index contributed by atoms with van der Waals surface area (Å²) in [6.45, 7) is 4.19. The third kappa shape index (κ3) is 5.36. The SMILES string of the molecule is CCNCc1ccc(S(=O)(=O)NCCCC2CC2)c(Br)c1. The minimum absolute atomic E-state index is 0.314. The second kappa shape index (κ2) is 7.72. The third-order valence-corrected chi connectivity index (χ3v) is 6.08. The Bertz CT molecular complexity index is 571. The van der Waals surface area contributed by atoms with E-state index < -0.39 is 10.0 Å². The summed E-state index contributed by atoms with van der Waals surface area (Å²) < 4.78 is 27.9. The van der Waals surface area contributed by atoms with Gasteiger partial charge in [-0.3, -0.25) is 0 Å². The minimum Gasteiger partial charge on any atom is -0.313 e. The zero-order valence-corrected chi connectivity index (χ0v) is 14.8. The maximum atomic E-state index is 12.3. The lowest BCUT2D eigenvalue weighted by Gasteiger charge is -2.10. The van der Waals surface area contributed by atoms with Gasteiger partial charge in [-0.05, 0) is 58.9 Å². The predicted molar refractivity (Wildman–Crippen MR) is 88.7 cm³/mol. The molecule has 1 aromatic rings. The number of nitrogens with one attached hydrogen (secondary N) is 2. The molecule has 1 aromatic carbocycles. The molecule has 2 N–H and O–H groups in total. The lowest BCUT2D eigenvalue weighted by Crippen LogP contribution is -2.25. The molecule has 2 rings (SSSR count). The van der Waals surface area contributed by atoms with Crippen LogP contribution in [0.25, 0.3) is 0 Å². The van der Waals surface area contributed by atoms with Gasteiger partial charge in [-0.15, -0.1) is 0 Å². The van der Waals surface area contributed by atoms with Crippen LogP contribution in [-0.2, 0) is 16.6 Å². The highest BCUT2D eigenvalue weighted by atomic mass is 79.9. The Balaban J connectivity index is 1.94. The number of sulfonamides is 1. The van der Waals surface area contributed by atoms with Crippen LogP contribution >= 0.6 is 15.9 Å². The largest absolute Gasteiger partial charge is 0.313 e. The molecule has 0 heterocycles. The van der Waals surface area contributed by atoms with Crippen molar-refractivity contribution in [3.8, 4) is 0 Å². The van der Waals surface area contributed by atoms with Gasteiger partial charge >= 0.3 is 0 Å². The molecule has 0 unspecified atom stereocenters. The molecule has 1 aliphatic carbocycles. The van der Waals surface area contributed by atoms with Gasteiger partial charge in [-0.25, -0.2) is 13.1 Å². The van der Waals surface area contributed by atoms with Crippen LogP contribution in [0.1, 0.15) is 38.2 Å². The fourth-order valence-electron chi connectivity index (χ4n) is 2.22. The molecule has 4 nitrogen and oxygen atoms in total. The molecular formula is C15H23BrN2O2S. The van der Waals surface area contributed by atoms with Crippen LogP contribution in [0.15, 0.2) is 27.6 Å². The van der Waals surface area contributed by atoms with Crippen molar-refractivity contribution in [2.75, 3.05) is 13.1 Å². The molecule has 118 valence electrons. The summed E-state index contributed by atoms with van der Waals surface area (Å²) in [6, 6.07) is 5.38. The van der Waals surface area contributed by atoms with Gasteiger partial charge in [-0.2, -0.15) is 0 Å². The molecule has 6 heteroatoms. The Hall–Kier alpha value is -0.430. The molecule has 0 radical (unpaired) electrons. The Labute approximate surface area is 135 Å². The summed E-state index contributed by atoms with van der Waals surface area (Å²) in [6.07, 6.45) is 4.67. The van der Waals surface area contributed by atoms with Gasteiger partial charge in [0, 0.05) is 17.6 Å². The first-order valence-electron chi connectivity index (χ1n) is 7.51. The summed E-state index contributed by atoms with van der Waals surface area (Å²) in [4.78, 5) is 0.314. The van der Waals surface area contributed by atoms with Gasteiger partial charge in [0.1, 0.15) is 0 Å². The Morgan fingerprint density at radius 3 is 2.71 bits per heavy atom. The predicted octanol–water partition coefficient (Wildman–Crippen LogP) is 3.03. The van der Waals surface area contributed by atoms with Crippen molar-refractivity contribution >= 4 is 26.0 Å². The molecule has 21 heavy (non-hydrogen) atoms. The fourth-order valence-corrected chi connectivity index (χ4v) is 4.42. The van der Waals surface area contributed by atoms with Gasteiger partial charge in [0.2, 0.25) is 10.0 Å². The zero-order valence-electron chi connectivity index (χ0n) is 12.4. The lowest BCUT2D eigenvalue weighted by atomic mass is 10.2. The van der Waals surface area contributed by atoms with Gasteiger partial charge < -0.3 is 5.32 Å². The van der Waals surface area contributed by atoms with Gasteiger partial charge in [-0.1, -0.05) is 25.8 Å². The van der Waals surface area contributed by atoms with E-state index in [1.54, 1.807) is 6.07 Å². The first kappa shape index (κ1) is 16.9. The van der Waals surface area contributed by atoms with Crippen molar-refractivity contribution in [3.63, 3.8) is 0 Å². The number of hydrogen-bond acceptors (Lipinski definition) is 3. The number of hydrogen-bond donors (Lipinski definition) is 2. The molecule has 0 aliphatic heterocycles. The molecule has 0 saturated heterocycles. The third-order valence-electron chi connectivity index (χ3n) is 3.64. The first-order chi connectivity index (χ1) is 10.0. The van der Waals surface area contributed by atoms with Crippen LogP contribution in [0.2, 0.25) is 0 Å². The lowest BCUT2D eigenvalue weighted by molar-refractivity contribution is 0.572. The van der Waals surface area contributed by atoms with Crippen LogP contribution in [0.3, 0.4) is 0 Å². The van der Waals surface area contributed by atoms with Crippen LogP contribution < -0.4 is 10.0 Å². The highest BCUT2D eigenvalue weighted by molar-refractivity contribution is 9.10. The van der Waals surface area contributed by atoms with E-state index in [4.69, 9.17) is 0 Å². The Morgan fingerprint density at radius 1 is 1.33 bits per heavy atom. The monoisotopic (exact) mass is 374 g/mol. The topological polar surface area (TPSA) is 58.2 Å². The summed E-state index contributed by atoms with van der Waals surface area (Å²) in [7, 11) is -3.42. The van der Waals surface area contributed by atoms with E-state index >= 15 is 0 Å². The molecule has 0 atom stereocenters. The standard InChI is InChI=1S/C15H23BrN2O2S/c1-2-17-11-13-7-8-15(14(16)10-13)21(19,20)18-9-3-4-12-5-6-12/h7-8,10,12,17-18H,2-6,9,11H2,1H3. The summed E-state index contributed by atoms with van der Waals surface area (Å²) in [5.41, 5.74) is 1.07. The van der Waals surface area contributed by atoms with E-state index in [-0.39, 0.29) is 0 Å². The van der Waals surface area contributed by atoms with E-state index in [1.165, 1.54) is 12.8 Å². The first-order valence-corrected chi connectivity index (χ1v) is 9.79. The molecule has 0 spiro atoms. The second-order valence-corrected chi connectivity index (χ2v) is 8.12. The van der Waals surface area contributed by atoms with Gasteiger partial charge in [0.05, 0.1) is 4.90 Å². The number of benzene rings is 1. The minimum atomic E-state index is -3.42. The summed E-state index contributed by atoms with van der Waals surface area (Å²) >= 11 is 3.37. The molecule has 0 bridgehead atoms. The number of rotatable bonds is 9. The molecule has 1 saturated carbocycles. The smallest absolute Gasteiger partial charge is 0.241 e. The molecule has 1 aliphatic rings. The Kier molecular flexibility index (Phi) is 6.22. The van der Waals surface area contributed by atoms with Gasteiger partial charge in [0.25, 0.3) is 0 Å². The number of halogens is 1. The second-order valence-electron chi connectivity index (χ2n) is 5.53. The zero-order chi connectivity index (χ0) is 15.3. The van der Waals surface area contributed by atoms with Crippen molar-refractivity contribution in [3.05, 3.63) is 28.2 Å². The van der Waals surface area contributed by atoms with Crippen LogP contribution in [0.5, 0.6) is 0 Å². The quantitative estimate of drug-likeness (QED) is 0.653. The van der Waals surface area contributed by atoms with E-state index in [0.717, 1.165) is 37.4 Å². The van der Waals surface area contributed by atoms with Crippen molar-refractivity contribution in [2.45, 2.75) is 44.0 Å².